The lowest BCUT2D eigenvalue weighted by molar-refractivity contribution is 0.591. The van der Waals surface area contributed by atoms with Crippen molar-refractivity contribution in [1.82, 2.24) is 9.82 Å². The molecule has 0 spiro atoms. The van der Waals surface area contributed by atoms with Crippen LogP contribution in [0.4, 0.5) is 0 Å². The van der Waals surface area contributed by atoms with Crippen molar-refractivity contribution in [3.8, 4) is 0 Å². The summed E-state index contributed by atoms with van der Waals surface area (Å²) in [6, 6.07) is 3.43. The zero-order valence-corrected chi connectivity index (χ0v) is 7.82. The molecule has 0 radical (unpaired) electrons. The minimum Gasteiger partial charge on any atom is -0.265 e. The van der Waals surface area contributed by atoms with E-state index in [0.717, 1.165) is 11.8 Å². The van der Waals surface area contributed by atoms with Gasteiger partial charge in [0, 0.05) is 12.4 Å². The molecule has 0 aliphatic heterocycles. The zero-order chi connectivity index (χ0) is 9.73. The Hall–Kier alpha value is -1.43. The molecule has 1 rings (SSSR count). The molecule has 0 unspecified atom stereocenters. The van der Waals surface area contributed by atoms with E-state index in [0.29, 0.717) is 0 Å². The van der Waals surface area contributed by atoms with Crippen molar-refractivity contribution >= 4 is 16.2 Å². The summed E-state index contributed by atoms with van der Waals surface area (Å²) >= 11 is 0. The first-order valence-electron chi connectivity index (χ1n) is 3.48. The Labute approximate surface area is 76.6 Å². The van der Waals surface area contributed by atoms with Gasteiger partial charge in [-0.15, -0.1) is 0 Å². The molecule has 1 aromatic heterocycles. The molecule has 0 aliphatic rings. The van der Waals surface area contributed by atoms with E-state index in [-0.39, 0.29) is 0 Å². The van der Waals surface area contributed by atoms with Crippen LogP contribution in [0.2, 0.25) is 0 Å². The summed E-state index contributed by atoms with van der Waals surface area (Å²) in [5, 5.41) is 3.52. The summed E-state index contributed by atoms with van der Waals surface area (Å²) in [5.41, 5.74) is 0.783. The molecule has 0 atom stereocenters. The summed E-state index contributed by atoms with van der Waals surface area (Å²) in [5.74, 6) is 0. The molecule has 0 aliphatic carbocycles. The molecule has 0 saturated heterocycles. The molecule has 0 saturated carbocycles. The second-order valence-corrected chi connectivity index (χ2v) is 4.13. The molecule has 13 heavy (non-hydrogen) atoms. The maximum atomic E-state index is 10.6. The van der Waals surface area contributed by atoms with E-state index >= 15 is 0 Å². The smallest absolute Gasteiger partial charge is 0.244 e. The fraction of sp³-hybridized carbons (Fsp3) is 0.143. The van der Waals surface area contributed by atoms with Gasteiger partial charge in [-0.25, -0.2) is 13.2 Å². The highest BCUT2D eigenvalue weighted by atomic mass is 32.2. The van der Waals surface area contributed by atoms with Gasteiger partial charge in [-0.1, -0.05) is 0 Å². The third-order valence-corrected chi connectivity index (χ3v) is 1.58. The number of nitrogens with one attached hydrogen (secondary N) is 1. The van der Waals surface area contributed by atoms with Crippen LogP contribution in [0.25, 0.3) is 0 Å². The minimum atomic E-state index is -3.26. The molecule has 0 aromatic carbocycles. The highest BCUT2D eigenvalue weighted by molar-refractivity contribution is 7.88. The van der Waals surface area contributed by atoms with Crippen molar-refractivity contribution in [2.75, 3.05) is 6.26 Å². The van der Waals surface area contributed by atoms with Gasteiger partial charge in [-0.2, -0.15) is 5.10 Å². The van der Waals surface area contributed by atoms with Gasteiger partial charge in [0.2, 0.25) is 10.0 Å². The van der Waals surface area contributed by atoms with Gasteiger partial charge < -0.3 is 0 Å². The van der Waals surface area contributed by atoms with Crippen molar-refractivity contribution in [1.29, 1.82) is 0 Å². The topological polar surface area (TPSA) is 71.4 Å². The van der Waals surface area contributed by atoms with Crippen LogP contribution in [-0.2, 0) is 10.0 Å². The monoisotopic (exact) mass is 199 g/mol. The molecule has 6 heteroatoms. The van der Waals surface area contributed by atoms with E-state index in [9.17, 15) is 8.42 Å². The van der Waals surface area contributed by atoms with Crippen LogP contribution in [0.15, 0.2) is 29.6 Å². The van der Waals surface area contributed by atoms with Gasteiger partial charge >= 0.3 is 0 Å². The Kier molecular flexibility index (Phi) is 2.97. The number of rotatable bonds is 3. The average molecular weight is 199 g/mol. The molecule has 1 aromatic rings. The number of nitrogens with zero attached hydrogens (tertiary/aromatic N) is 2. The van der Waals surface area contributed by atoms with Gasteiger partial charge in [0.25, 0.3) is 0 Å². The highest BCUT2D eigenvalue weighted by Gasteiger charge is 1.93. The minimum absolute atomic E-state index is 0.783. The van der Waals surface area contributed by atoms with Crippen molar-refractivity contribution < 1.29 is 8.42 Å². The molecular weight excluding hydrogens is 190 g/mol. The number of pyridine rings is 1. The third-order valence-electron chi connectivity index (χ3n) is 1.14. The Morgan fingerprint density at radius 1 is 1.46 bits per heavy atom. The van der Waals surface area contributed by atoms with Crippen molar-refractivity contribution in [2.45, 2.75) is 0 Å². The Balaban J connectivity index is 2.61. The first kappa shape index (κ1) is 9.66. The van der Waals surface area contributed by atoms with E-state index in [1.807, 2.05) is 4.83 Å². The van der Waals surface area contributed by atoms with Crippen LogP contribution < -0.4 is 4.83 Å². The van der Waals surface area contributed by atoms with Crippen LogP contribution in [0.5, 0.6) is 0 Å². The molecule has 0 amide bonds. The van der Waals surface area contributed by atoms with Crippen LogP contribution in [0.3, 0.4) is 0 Å². The summed E-state index contributed by atoms with van der Waals surface area (Å²) in [6.07, 6.45) is 5.64. The quantitative estimate of drug-likeness (QED) is 0.548. The highest BCUT2D eigenvalue weighted by Crippen LogP contribution is 1.90. The normalized spacial score (nSPS) is 11.8. The van der Waals surface area contributed by atoms with E-state index < -0.39 is 10.0 Å². The summed E-state index contributed by atoms with van der Waals surface area (Å²) in [4.78, 5) is 5.79. The standard InChI is InChI=1S/C7H9N3O2S/c1-13(11,12)10-9-6-7-2-4-8-5-3-7/h2-6,10H,1H3/b9-6+. The van der Waals surface area contributed by atoms with E-state index in [2.05, 4.69) is 10.1 Å². The number of hydrogen-bond acceptors (Lipinski definition) is 4. The van der Waals surface area contributed by atoms with Crippen molar-refractivity contribution in [3.63, 3.8) is 0 Å². The lowest BCUT2D eigenvalue weighted by Crippen LogP contribution is -2.15. The predicted octanol–water partition coefficient (Wildman–Crippen LogP) is -0.0353. The first-order valence-corrected chi connectivity index (χ1v) is 5.37. The number of hydrogen-bond donors (Lipinski definition) is 1. The van der Waals surface area contributed by atoms with Gasteiger partial charge in [0.15, 0.2) is 0 Å². The van der Waals surface area contributed by atoms with Gasteiger partial charge in [0.1, 0.15) is 0 Å². The lowest BCUT2D eigenvalue weighted by atomic mass is 10.3. The summed E-state index contributed by atoms with van der Waals surface area (Å²) < 4.78 is 21.2. The number of aromatic nitrogens is 1. The molecular formula is C7H9N3O2S. The van der Waals surface area contributed by atoms with Crippen LogP contribution in [-0.4, -0.2) is 25.9 Å². The molecule has 5 nitrogen and oxygen atoms in total. The summed E-state index contributed by atoms with van der Waals surface area (Å²) in [6.45, 7) is 0. The van der Waals surface area contributed by atoms with Crippen molar-refractivity contribution in [2.24, 2.45) is 5.10 Å². The average Bonchev–Trinajstić information content (AvgIpc) is 2.04. The zero-order valence-electron chi connectivity index (χ0n) is 7.01. The molecule has 1 heterocycles. The Bertz CT molecular complexity index is 385. The fourth-order valence-corrected chi connectivity index (χ4v) is 0.890. The van der Waals surface area contributed by atoms with E-state index in [1.165, 1.54) is 6.21 Å². The first-order chi connectivity index (χ1) is 6.08. The maximum absolute atomic E-state index is 10.6. The predicted molar refractivity (Wildman–Crippen MR) is 49.8 cm³/mol. The second-order valence-electron chi connectivity index (χ2n) is 2.40. The van der Waals surface area contributed by atoms with E-state index in [4.69, 9.17) is 0 Å². The third kappa shape index (κ3) is 4.22. The Morgan fingerprint density at radius 2 is 2.08 bits per heavy atom. The second kappa shape index (κ2) is 3.99. The molecule has 0 bridgehead atoms. The largest absolute Gasteiger partial charge is 0.265 e. The maximum Gasteiger partial charge on any atom is 0.244 e. The van der Waals surface area contributed by atoms with Gasteiger partial charge in [0.05, 0.1) is 12.5 Å². The Morgan fingerprint density at radius 3 is 2.62 bits per heavy atom. The van der Waals surface area contributed by atoms with Gasteiger partial charge in [-0.05, 0) is 17.7 Å². The van der Waals surface area contributed by atoms with Gasteiger partial charge in [-0.3, -0.25) is 4.98 Å². The lowest BCUT2D eigenvalue weighted by Gasteiger charge is -1.93. The number of sulfonamides is 1. The van der Waals surface area contributed by atoms with Crippen LogP contribution >= 0.6 is 0 Å². The van der Waals surface area contributed by atoms with Crippen LogP contribution in [0.1, 0.15) is 5.56 Å². The van der Waals surface area contributed by atoms with Crippen molar-refractivity contribution in [3.05, 3.63) is 30.1 Å². The fourth-order valence-electron chi connectivity index (χ4n) is 0.646. The molecule has 70 valence electrons. The number of hydrazone groups is 1. The molecule has 0 fully saturated rings. The van der Waals surface area contributed by atoms with Crippen LogP contribution in [0, 0.1) is 0 Å². The molecule has 1 N–H and O–H groups in total. The summed E-state index contributed by atoms with van der Waals surface area (Å²) in [7, 11) is -3.26. The van der Waals surface area contributed by atoms with E-state index in [1.54, 1.807) is 24.5 Å². The SMILES string of the molecule is CS(=O)(=O)N/N=C/c1ccncc1.